The summed E-state index contributed by atoms with van der Waals surface area (Å²) in [5, 5.41) is 0. The van der Waals surface area contributed by atoms with Gasteiger partial charge in [0, 0.05) is 88.1 Å². The van der Waals surface area contributed by atoms with E-state index in [1.165, 1.54) is 38.5 Å². The number of rotatable bonds is 4. The predicted octanol–water partition coefficient (Wildman–Crippen LogP) is 4.40. The lowest BCUT2D eigenvalue weighted by atomic mass is 10.1. The highest BCUT2D eigenvalue weighted by atomic mass is 32.2. The Hall–Kier alpha value is -2.21. The van der Waals surface area contributed by atoms with Gasteiger partial charge in [0.2, 0.25) is 23.6 Å². The smallest absolute Gasteiger partial charge is 0.225 e. The average Bonchev–Trinajstić information content (AvgIpc) is 3.07. The Morgan fingerprint density at radius 3 is 1.02 bits per heavy atom. The molecule has 0 saturated carbocycles. The van der Waals surface area contributed by atoms with Crippen LogP contribution in [0, 0.1) is 23.7 Å². The molecule has 286 valence electrons. The van der Waals surface area contributed by atoms with Gasteiger partial charge >= 0.3 is 0 Å². The molecule has 0 aliphatic carbocycles. The molecule has 4 heterocycles. The van der Waals surface area contributed by atoms with E-state index in [4.69, 9.17) is 0 Å². The van der Waals surface area contributed by atoms with Crippen molar-refractivity contribution >= 4 is 33.5 Å². The van der Waals surface area contributed by atoms with Crippen LogP contribution < -0.4 is 0 Å². The maximum Gasteiger partial charge on any atom is 0.225 e. The van der Waals surface area contributed by atoms with E-state index in [-0.39, 0.29) is 47.0 Å². The largest absolute Gasteiger partial charge is 0.342 e. The summed E-state index contributed by atoms with van der Waals surface area (Å²) >= 11 is 0. The summed E-state index contributed by atoms with van der Waals surface area (Å²) in [6.45, 7) is 26.2. The molecular weight excluding hydrogens is 643 g/mol. The molecule has 0 aromatic rings. The van der Waals surface area contributed by atoms with Gasteiger partial charge < -0.3 is 19.6 Å². The fraction of sp³-hybridized carbons (Fsp3) is 0.892. The molecular formula is C37H71N5O6S. The lowest BCUT2D eigenvalue weighted by molar-refractivity contribution is -0.138. The van der Waals surface area contributed by atoms with Crippen molar-refractivity contribution in [1.29, 1.82) is 0 Å². The minimum absolute atomic E-state index is 0.0409. The second-order valence-electron chi connectivity index (χ2n) is 15.5. The molecule has 49 heavy (non-hydrogen) atoms. The van der Waals surface area contributed by atoms with E-state index in [1.807, 2.05) is 70.1 Å². The van der Waals surface area contributed by atoms with Gasteiger partial charge in [-0.2, -0.15) is 0 Å². The van der Waals surface area contributed by atoms with Gasteiger partial charge in [-0.25, -0.2) is 8.42 Å². The number of carbonyl (C=O) groups is 4. The van der Waals surface area contributed by atoms with E-state index in [9.17, 15) is 27.6 Å². The predicted molar refractivity (Wildman–Crippen MR) is 199 cm³/mol. The van der Waals surface area contributed by atoms with E-state index in [0.717, 1.165) is 39.3 Å². The van der Waals surface area contributed by atoms with Crippen LogP contribution in [0.2, 0.25) is 0 Å². The van der Waals surface area contributed by atoms with Crippen molar-refractivity contribution in [2.75, 3.05) is 70.9 Å². The van der Waals surface area contributed by atoms with Crippen molar-refractivity contribution < 1.29 is 27.6 Å². The summed E-state index contributed by atoms with van der Waals surface area (Å²) in [4.78, 5) is 56.0. The number of likely N-dealkylation sites (tertiary alicyclic amines) is 2. The summed E-state index contributed by atoms with van der Waals surface area (Å²) in [6, 6.07) is 0.947. The normalized spacial score (nSPS) is 22.8. The van der Waals surface area contributed by atoms with Crippen LogP contribution in [0.1, 0.15) is 108 Å². The lowest BCUT2D eigenvalue weighted by Gasteiger charge is -2.43. The van der Waals surface area contributed by atoms with Gasteiger partial charge in [0.05, 0.1) is 11.5 Å². The molecule has 0 aromatic carbocycles. The molecule has 4 saturated heterocycles. The Bertz CT molecular complexity index is 1070. The zero-order valence-corrected chi connectivity index (χ0v) is 33.7. The SMILES string of the molecule is CC(C)C(=O)N1CC(C)N(C)C(C)C1.CC(C)C(=O)N1CCCCC1.CC(C)C(=O)N1CCCCC1.CC(C)C(=O)N1CCS(=O)(=O)CC1. The topological polar surface area (TPSA) is 119 Å². The number of amides is 4. The number of hydrogen-bond donors (Lipinski definition) is 0. The van der Waals surface area contributed by atoms with E-state index in [1.54, 1.807) is 4.90 Å². The Labute approximate surface area is 299 Å². The van der Waals surface area contributed by atoms with Gasteiger partial charge in [-0.15, -0.1) is 0 Å². The van der Waals surface area contributed by atoms with E-state index >= 15 is 0 Å². The number of hydrogen-bond acceptors (Lipinski definition) is 7. The number of nitrogens with zero attached hydrogens (tertiary/aromatic N) is 5. The van der Waals surface area contributed by atoms with E-state index in [2.05, 4.69) is 25.8 Å². The van der Waals surface area contributed by atoms with Gasteiger partial charge in [0.15, 0.2) is 9.84 Å². The van der Waals surface area contributed by atoms with Crippen molar-refractivity contribution in [3.63, 3.8) is 0 Å². The first-order valence-electron chi connectivity index (χ1n) is 18.9. The molecule has 0 spiro atoms. The molecule has 11 nitrogen and oxygen atoms in total. The Morgan fingerprint density at radius 2 is 0.735 bits per heavy atom. The molecule has 0 aromatic heterocycles. The van der Waals surface area contributed by atoms with Crippen LogP contribution in [-0.4, -0.2) is 140 Å². The fourth-order valence-corrected chi connectivity index (χ4v) is 7.41. The summed E-state index contributed by atoms with van der Waals surface area (Å²) in [6.07, 6.45) is 7.36. The Kier molecular flexibility index (Phi) is 20.0. The molecule has 2 unspecified atom stereocenters. The van der Waals surface area contributed by atoms with Gasteiger partial charge in [-0.1, -0.05) is 55.4 Å². The van der Waals surface area contributed by atoms with Crippen LogP contribution in [-0.2, 0) is 29.0 Å². The number of sulfone groups is 1. The monoisotopic (exact) mass is 714 g/mol. The lowest BCUT2D eigenvalue weighted by Crippen LogP contribution is -2.57. The zero-order chi connectivity index (χ0) is 37.5. The summed E-state index contributed by atoms with van der Waals surface area (Å²) in [5.74, 6) is 1.65. The third-order valence-corrected chi connectivity index (χ3v) is 11.2. The zero-order valence-electron chi connectivity index (χ0n) is 32.9. The highest BCUT2D eigenvalue weighted by molar-refractivity contribution is 7.91. The molecule has 4 fully saturated rings. The highest BCUT2D eigenvalue weighted by Gasteiger charge is 2.30. The van der Waals surface area contributed by atoms with Crippen molar-refractivity contribution in [3.05, 3.63) is 0 Å². The standard InChI is InChI=1S/C11H22N2O.2C9H17NO.C8H15NO3S/c1-8(2)11(14)13-6-9(3)12(5)10(4)7-13;2*1-8(2)9(11)10-6-4-3-5-7-10;1-7(2)8(10)9-3-5-13(11,12)6-4-9/h8-10H,6-7H2,1-5H3;2*8H,3-7H2,1-2H3;7H,3-6H2,1-2H3. The Morgan fingerprint density at radius 1 is 0.469 bits per heavy atom. The van der Waals surface area contributed by atoms with Crippen LogP contribution in [0.4, 0.5) is 0 Å². The van der Waals surface area contributed by atoms with Gasteiger partial charge in [0.1, 0.15) is 0 Å². The maximum atomic E-state index is 11.8. The second-order valence-corrected chi connectivity index (χ2v) is 17.8. The van der Waals surface area contributed by atoms with Crippen LogP contribution in [0.5, 0.6) is 0 Å². The van der Waals surface area contributed by atoms with Crippen LogP contribution in [0.3, 0.4) is 0 Å². The van der Waals surface area contributed by atoms with Crippen molar-refractivity contribution in [2.45, 2.75) is 120 Å². The third-order valence-electron chi connectivity index (χ3n) is 9.64. The number of piperazine rings is 1. The van der Waals surface area contributed by atoms with Crippen LogP contribution in [0.15, 0.2) is 0 Å². The second kappa shape index (κ2) is 21.9. The first-order valence-corrected chi connectivity index (χ1v) is 20.7. The van der Waals surface area contributed by atoms with Crippen LogP contribution >= 0.6 is 0 Å². The van der Waals surface area contributed by atoms with Gasteiger partial charge in [-0.05, 0) is 59.4 Å². The molecule has 4 rings (SSSR count). The molecule has 0 bridgehead atoms. The van der Waals surface area contributed by atoms with Crippen molar-refractivity contribution in [3.8, 4) is 0 Å². The molecule has 4 amide bonds. The van der Waals surface area contributed by atoms with E-state index in [0.29, 0.717) is 37.0 Å². The number of carbonyl (C=O) groups excluding carboxylic acids is 4. The Balaban J connectivity index is 0.000000328. The molecule has 4 aliphatic rings. The molecule has 0 N–H and O–H groups in total. The van der Waals surface area contributed by atoms with Crippen molar-refractivity contribution in [2.24, 2.45) is 23.7 Å². The first-order chi connectivity index (χ1) is 22.8. The minimum Gasteiger partial charge on any atom is -0.342 e. The number of likely N-dealkylation sites (N-methyl/N-ethyl adjacent to an activating group) is 1. The van der Waals surface area contributed by atoms with Gasteiger partial charge in [0.25, 0.3) is 0 Å². The quantitative estimate of drug-likeness (QED) is 0.424. The summed E-state index contributed by atoms with van der Waals surface area (Å²) in [7, 11) is -0.737. The third kappa shape index (κ3) is 16.1. The molecule has 2 atom stereocenters. The fourth-order valence-electron chi connectivity index (χ4n) is 6.21. The van der Waals surface area contributed by atoms with Gasteiger partial charge in [-0.3, -0.25) is 24.1 Å². The van der Waals surface area contributed by atoms with E-state index < -0.39 is 9.84 Å². The molecule has 12 heteroatoms. The molecule has 0 radical (unpaired) electrons. The van der Waals surface area contributed by atoms with Crippen LogP contribution in [0.25, 0.3) is 0 Å². The summed E-state index contributed by atoms with van der Waals surface area (Å²) < 4.78 is 22.1. The van der Waals surface area contributed by atoms with Crippen molar-refractivity contribution in [1.82, 2.24) is 24.5 Å². The minimum atomic E-state index is -2.87. The molecule has 4 aliphatic heterocycles. The number of piperidine rings is 2. The first kappa shape index (κ1) is 44.8. The maximum absolute atomic E-state index is 11.8. The summed E-state index contributed by atoms with van der Waals surface area (Å²) in [5.41, 5.74) is 0. The average molecular weight is 714 g/mol. The highest BCUT2D eigenvalue weighted by Crippen LogP contribution is 2.16.